The number of para-hydroxylation sites is 3. The fraction of sp³-hybridized carbons (Fsp3) is 0.190. The van der Waals surface area contributed by atoms with Gasteiger partial charge in [-0.3, -0.25) is 19.8 Å². The monoisotopic (exact) mass is 394 g/mol. The molecule has 2 aromatic carbocycles. The van der Waals surface area contributed by atoms with Gasteiger partial charge < -0.3 is 13.9 Å². The number of hydrogen-bond acceptors (Lipinski definition) is 6. The highest BCUT2D eigenvalue weighted by Crippen LogP contribution is 2.33. The third kappa shape index (κ3) is 3.52. The molecule has 1 N–H and O–H groups in total. The number of nitrogens with one attached hydrogen (secondary N) is 1. The Hall–Kier alpha value is -3.81. The van der Waals surface area contributed by atoms with Crippen molar-refractivity contribution in [2.45, 2.75) is 6.92 Å². The van der Waals surface area contributed by atoms with Gasteiger partial charge in [0.1, 0.15) is 23.4 Å². The van der Waals surface area contributed by atoms with E-state index in [1.54, 1.807) is 55.5 Å². The van der Waals surface area contributed by atoms with Crippen molar-refractivity contribution in [1.29, 1.82) is 0 Å². The van der Waals surface area contributed by atoms with Crippen molar-refractivity contribution < 1.29 is 28.3 Å². The van der Waals surface area contributed by atoms with Gasteiger partial charge in [0.25, 0.3) is 5.91 Å². The summed E-state index contributed by atoms with van der Waals surface area (Å²) in [6, 6.07) is 13.9. The van der Waals surface area contributed by atoms with E-state index in [0.29, 0.717) is 22.4 Å². The first-order chi connectivity index (χ1) is 14.1. The second kappa shape index (κ2) is 7.67. The molecule has 1 aromatic heterocycles. The van der Waals surface area contributed by atoms with Gasteiger partial charge >= 0.3 is 5.97 Å². The lowest BCUT2D eigenvalue weighted by atomic mass is 10.1. The summed E-state index contributed by atoms with van der Waals surface area (Å²) < 4.78 is 16.1. The predicted molar refractivity (Wildman–Crippen MR) is 105 cm³/mol. The summed E-state index contributed by atoms with van der Waals surface area (Å²) in [5.74, 6) is -0.936. The molecule has 1 aliphatic rings. The number of carbonyl (C=O) groups excluding carboxylic acids is 3. The van der Waals surface area contributed by atoms with Crippen LogP contribution in [0.3, 0.4) is 0 Å². The molecular weight excluding hydrogens is 376 g/mol. The standard InChI is InChI=1S/C21H18N2O6/c1-2-27-21(26)19-13-7-3-5-9-15(13)29-20(19)22-17(24)11-23-14-8-4-6-10-16(14)28-12-18(23)25/h3-10H,2,11-12H2,1H3,(H,22,24). The van der Waals surface area contributed by atoms with Crippen LogP contribution >= 0.6 is 0 Å². The minimum Gasteiger partial charge on any atom is -0.482 e. The van der Waals surface area contributed by atoms with Gasteiger partial charge in [0.15, 0.2) is 6.61 Å². The van der Waals surface area contributed by atoms with E-state index in [1.165, 1.54) is 4.90 Å². The first kappa shape index (κ1) is 18.5. The molecule has 0 saturated carbocycles. The average molecular weight is 394 g/mol. The fourth-order valence-corrected chi connectivity index (χ4v) is 3.18. The molecule has 0 radical (unpaired) electrons. The molecule has 148 valence electrons. The Bertz CT molecular complexity index is 1100. The molecule has 0 saturated heterocycles. The molecule has 0 atom stereocenters. The Morgan fingerprint density at radius 3 is 2.72 bits per heavy atom. The van der Waals surface area contributed by atoms with E-state index in [0.717, 1.165) is 0 Å². The van der Waals surface area contributed by atoms with Gasteiger partial charge in [0.2, 0.25) is 11.8 Å². The summed E-state index contributed by atoms with van der Waals surface area (Å²) in [7, 11) is 0. The topological polar surface area (TPSA) is 98.1 Å². The van der Waals surface area contributed by atoms with Gasteiger partial charge in [-0.15, -0.1) is 0 Å². The van der Waals surface area contributed by atoms with Crippen molar-refractivity contribution in [2.24, 2.45) is 0 Å². The Labute approximate surface area is 166 Å². The SMILES string of the molecule is CCOC(=O)c1c(NC(=O)CN2C(=O)COc3ccccc32)oc2ccccc12. The molecule has 29 heavy (non-hydrogen) atoms. The van der Waals surface area contributed by atoms with Crippen molar-refractivity contribution in [3.05, 3.63) is 54.1 Å². The number of anilines is 2. The predicted octanol–water partition coefficient (Wildman–Crippen LogP) is 2.97. The molecule has 0 spiro atoms. The molecule has 8 heteroatoms. The lowest BCUT2D eigenvalue weighted by molar-refractivity contribution is -0.123. The van der Waals surface area contributed by atoms with E-state index in [9.17, 15) is 14.4 Å². The molecule has 8 nitrogen and oxygen atoms in total. The summed E-state index contributed by atoms with van der Waals surface area (Å²) >= 11 is 0. The van der Waals surface area contributed by atoms with Gasteiger partial charge in [0.05, 0.1) is 12.3 Å². The quantitative estimate of drug-likeness (QED) is 0.668. The van der Waals surface area contributed by atoms with Crippen molar-refractivity contribution in [2.75, 3.05) is 30.0 Å². The Morgan fingerprint density at radius 2 is 1.90 bits per heavy atom. The van der Waals surface area contributed by atoms with Crippen LogP contribution in [0.25, 0.3) is 11.0 Å². The largest absolute Gasteiger partial charge is 0.482 e. The van der Waals surface area contributed by atoms with Crippen molar-refractivity contribution in [3.8, 4) is 5.75 Å². The Kier molecular flexibility index (Phi) is 4.90. The van der Waals surface area contributed by atoms with E-state index in [2.05, 4.69) is 5.32 Å². The highest BCUT2D eigenvalue weighted by molar-refractivity contribution is 6.11. The number of rotatable bonds is 5. The number of hydrogen-bond donors (Lipinski definition) is 1. The molecular formula is C21H18N2O6. The Morgan fingerprint density at radius 1 is 1.14 bits per heavy atom. The first-order valence-electron chi connectivity index (χ1n) is 9.09. The van der Waals surface area contributed by atoms with Crippen LogP contribution in [0, 0.1) is 0 Å². The Balaban J connectivity index is 1.61. The molecule has 0 bridgehead atoms. The number of fused-ring (bicyclic) bond motifs is 2. The van der Waals surface area contributed by atoms with Gasteiger partial charge in [-0.2, -0.15) is 0 Å². The minimum atomic E-state index is -0.597. The highest BCUT2D eigenvalue weighted by Gasteiger charge is 2.29. The average Bonchev–Trinajstić information content (AvgIpc) is 3.08. The van der Waals surface area contributed by atoms with Gasteiger partial charge in [-0.1, -0.05) is 30.3 Å². The summed E-state index contributed by atoms with van der Waals surface area (Å²) in [4.78, 5) is 38.7. The molecule has 0 fully saturated rings. The van der Waals surface area contributed by atoms with Crippen LogP contribution in [0.15, 0.2) is 52.9 Å². The maximum Gasteiger partial charge on any atom is 0.344 e. The van der Waals surface area contributed by atoms with Crippen molar-refractivity contribution in [3.63, 3.8) is 0 Å². The first-order valence-corrected chi connectivity index (χ1v) is 9.09. The second-order valence-corrected chi connectivity index (χ2v) is 6.31. The fourth-order valence-electron chi connectivity index (χ4n) is 3.18. The third-order valence-corrected chi connectivity index (χ3v) is 4.44. The van der Waals surface area contributed by atoms with E-state index in [4.69, 9.17) is 13.9 Å². The zero-order valence-electron chi connectivity index (χ0n) is 15.6. The summed E-state index contributed by atoms with van der Waals surface area (Å²) in [6.07, 6.45) is 0. The van der Waals surface area contributed by atoms with Crippen LogP contribution in [0.4, 0.5) is 11.6 Å². The van der Waals surface area contributed by atoms with E-state index >= 15 is 0 Å². The molecule has 3 aromatic rings. The van der Waals surface area contributed by atoms with Gasteiger partial charge in [-0.25, -0.2) is 4.79 Å². The van der Waals surface area contributed by atoms with E-state index in [1.807, 2.05) is 0 Å². The molecule has 2 heterocycles. The van der Waals surface area contributed by atoms with E-state index < -0.39 is 11.9 Å². The maximum absolute atomic E-state index is 12.7. The molecule has 0 unspecified atom stereocenters. The van der Waals surface area contributed by atoms with Gasteiger partial charge in [0, 0.05) is 5.39 Å². The van der Waals surface area contributed by atoms with Crippen LogP contribution < -0.4 is 15.0 Å². The summed E-state index contributed by atoms with van der Waals surface area (Å²) in [6.45, 7) is 1.48. The van der Waals surface area contributed by atoms with E-state index in [-0.39, 0.29) is 37.1 Å². The van der Waals surface area contributed by atoms with Crippen molar-refractivity contribution >= 4 is 40.3 Å². The van der Waals surface area contributed by atoms with Gasteiger partial charge in [-0.05, 0) is 25.1 Å². The van der Waals surface area contributed by atoms with Crippen LogP contribution in [0.5, 0.6) is 5.75 Å². The zero-order chi connectivity index (χ0) is 20.4. The summed E-state index contributed by atoms with van der Waals surface area (Å²) in [5, 5.41) is 3.13. The second-order valence-electron chi connectivity index (χ2n) is 6.31. The third-order valence-electron chi connectivity index (χ3n) is 4.44. The molecule has 2 amide bonds. The number of nitrogens with zero attached hydrogens (tertiary/aromatic N) is 1. The number of benzene rings is 2. The number of carbonyl (C=O) groups is 3. The summed E-state index contributed by atoms with van der Waals surface area (Å²) in [5.41, 5.74) is 1.09. The molecule has 0 aliphatic carbocycles. The van der Waals surface area contributed by atoms with Crippen LogP contribution in [0.2, 0.25) is 0 Å². The minimum absolute atomic E-state index is 0.0105. The number of ether oxygens (including phenoxy) is 2. The number of furan rings is 1. The molecule has 4 rings (SSSR count). The maximum atomic E-state index is 12.7. The highest BCUT2D eigenvalue weighted by atomic mass is 16.5. The van der Waals surface area contributed by atoms with Crippen LogP contribution in [0.1, 0.15) is 17.3 Å². The lowest BCUT2D eigenvalue weighted by Crippen LogP contribution is -2.43. The normalized spacial score (nSPS) is 13.0. The lowest BCUT2D eigenvalue weighted by Gasteiger charge is -2.28. The van der Waals surface area contributed by atoms with Crippen molar-refractivity contribution in [1.82, 2.24) is 0 Å². The number of esters is 1. The smallest absolute Gasteiger partial charge is 0.344 e. The van der Waals surface area contributed by atoms with Crippen LogP contribution in [-0.4, -0.2) is 37.5 Å². The van der Waals surface area contributed by atoms with Crippen LogP contribution in [-0.2, 0) is 14.3 Å². The zero-order valence-corrected chi connectivity index (χ0v) is 15.6. The number of amides is 2. The molecule has 1 aliphatic heterocycles.